The van der Waals surface area contributed by atoms with Crippen molar-refractivity contribution in [3.05, 3.63) is 36.4 Å². The lowest BCUT2D eigenvalue weighted by Crippen LogP contribution is -2.40. The van der Waals surface area contributed by atoms with Crippen molar-refractivity contribution in [1.82, 2.24) is 4.90 Å². The molecule has 2 heteroatoms. The molecule has 0 bridgehead atoms. The Balaban J connectivity index is 2.69. The van der Waals surface area contributed by atoms with Crippen LogP contribution < -0.4 is 4.74 Å². The highest BCUT2D eigenvalue weighted by Crippen LogP contribution is 2.17. The first-order valence-electron chi connectivity index (χ1n) is 7.38. The van der Waals surface area contributed by atoms with Crippen molar-refractivity contribution in [3.8, 4) is 5.75 Å². The lowest BCUT2D eigenvalue weighted by atomic mass is 10.2. The van der Waals surface area contributed by atoms with Crippen molar-refractivity contribution < 1.29 is 4.74 Å². The molecule has 1 unspecified atom stereocenters. The van der Waals surface area contributed by atoms with Crippen molar-refractivity contribution in [2.45, 2.75) is 46.3 Å². The average Bonchev–Trinajstić information content (AvgIpc) is 2.45. The summed E-state index contributed by atoms with van der Waals surface area (Å²) >= 11 is 0. The third-order valence-corrected chi connectivity index (χ3v) is 3.17. The Hall–Kier alpha value is -1.28. The van der Waals surface area contributed by atoms with E-state index in [1.807, 2.05) is 30.3 Å². The fourth-order valence-corrected chi connectivity index (χ4v) is 2.23. The van der Waals surface area contributed by atoms with Crippen LogP contribution >= 0.6 is 0 Å². The van der Waals surface area contributed by atoms with E-state index >= 15 is 0 Å². The normalized spacial score (nSPS) is 12.4. The molecule has 0 spiro atoms. The van der Waals surface area contributed by atoms with Crippen LogP contribution in [0, 0.1) is 0 Å². The molecule has 0 heterocycles. The first kappa shape index (κ1) is 15.8. The Morgan fingerprint density at radius 3 is 2.11 bits per heavy atom. The first-order valence-corrected chi connectivity index (χ1v) is 7.38. The fraction of sp³-hybridized carbons (Fsp3) is 0.529. The van der Waals surface area contributed by atoms with E-state index in [1.165, 1.54) is 0 Å². The summed E-state index contributed by atoms with van der Waals surface area (Å²) in [5.41, 5.74) is 1.12. The summed E-state index contributed by atoms with van der Waals surface area (Å²) in [5, 5.41) is 0. The van der Waals surface area contributed by atoms with Crippen LogP contribution in [0.3, 0.4) is 0 Å². The lowest BCUT2D eigenvalue weighted by Gasteiger charge is -2.30. The van der Waals surface area contributed by atoms with Crippen LogP contribution in [0.25, 0.3) is 6.08 Å². The number of hydrogen-bond donors (Lipinski definition) is 0. The fourth-order valence-electron chi connectivity index (χ4n) is 2.23. The molecule has 2 nitrogen and oxygen atoms in total. The molecule has 0 N–H and O–H groups in total. The smallest absolute Gasteiger partial charge is 0.152 e. The molecule has 0 amide bonds. The van der Waals surface area contributed by atoms with Gasteiger partial charge in [0.2, 0.25) is 0 Å². The van der Waals surface area contributed by atoms with Crippen LogP contribution in [-0.4, -0.2) is 24.2 Å². The second-order valence-corrected chi connectivity index (χ2v) is 4.79. The van der Waals surface area contributed by atoms with E-state index in [9.17, 15) is 0 Å². The minimum absolute atomic E-state index is 0.175. The lowest BCUT2D eigenvalue weighted by molar-refractivity contribution is 0.0221. The van der Waals surface area contributed by atoms with E-state index in [0.717, 1.165) is 43.7 Å². The number of ether oxygens (including phenoxy) is 1. The summed E-state index contributed by atoms with van der Waals surface area (Å²) in [4.78, 5) is 2.43. The zero-order valence-corrected chi connectivity index (χ0v) is 12.6. The summed E-state index contributed by atoms with van der Waals surface area (Å²) in [7, 11) is 0. The minimum atomic E-state index is 0.175. The van der Waals surface area contributed by atoms with Crippen molar-refractivity contribution in [3.63, 3.8) is 0 Å². The molecule has 0 aliphatic heterocycles. The molecule has 1 atom stereocenters. The predicted molar refractivity (Wildman–Crippen MR) is 83.4 cm³/mol. The number of nitrogens with zero attached hydrogens (tertiary/aromatic N) is 1. The van der Waals surface area contributed by atoms with Crippen molar-refractivity contribution in [2.75, 3.05) is 13.1 Å². The zero-order chi connectivity index (χ0) is 14.1. The minimum Gasteiger partial charge on any atom is -0.475 e. The van der Waals surface area contributed by atoms with Gasteiger partial charge in [-0.25, -0.2) is 0 Å². The molecule has 0 radical (unpaired) electrons. The standard InChI is InChI=1S/C17H27NO/c1-5-13-18(14-6-2)17(8-4)19-16-11-9-15(7-3)10-12-16/h7,9-12,17H,3,5-6,8,13-14H2,1-2,4H3. The summed E-state index contributed by atoms with van der Waals surface area (Å²) < 4.78 is 6.12. The molecule has 0 saturated carbocycles. The van der Waals surface area contributed by atoms with E-state index in [2.05, 4.69) is 32.3 Å². The summed E-state index contributed by atoms with van der Waals surface area (Å²) in [5.74, 6) is 0.939. The van der Waals surface area contributed by atoms with E-state index in [-0.39, 0.29) is 6.23 Å². The van der Waals surface area contributed by atoms with Crippen LogP contribution in [0.4, 0.5) is 0 Å². The molecule has 0 fully saturated rings. The summed E-state index contributed by atoms with van der Waals surface area (Å²) in [6, 6.07) is 8.13. The monoisotopic (exact) mass is 261 g/mol. The molecule has 0 aliphatic rings. The summed E-state index contributed by atoms with van der Waals surface area (Å²) in [6.45, 7) is 12.6. The van der Waals surface area contributed by atoms with Gasteiger partial charge in [-0.2, -0.15) is 0 Å². The largest absolute Gasteiger partial charge is 0.475 e. The van der Waals surface area contributed by atoms with Gasteiger partial charge in [-0.15, -0.1) is 0 Å². The molecule has 106 valence electrons. The summed E-state index contributed by atoms with van der Waals surface area (Å²) in [6.07, 6.45) is 5.35. The van der Waals surface area contributed by atoms with Gasteiger partial charge in [0, 0.05) is 13.1 Å². The van der Waals surface area contributed by atoms with E-state index in [4.69, 9.17) is 4.74 Å². The Morgan fingerprint density at radius 1 is 1.11 bits per heavy atom. The molecule has 0 saturated heterocycles. The maximum Gasteiger partial charge on any atom is 0.152 e. The topological polar surface area (TPSA) is 12.5 Å². The van der Waals surface area contributed by atoms with Gasteiger partial charge in [-0.3, -0.25) is 4.90 Å². The van der Waals surface area contributed by atoms with E-state index < -0.39 is 0 Å². The third-order valence-electron chi connectivity index (χ3n) is 3.17. The highest BCUT2D eigenvalue weighted by Gasteiger charge is 2.16. The van der Waals surface area contributed by atoms with Crippen LogP contribution in [0.1, 0.15) is 45.6 Å². The van der Waals surface area contributed by atoms with Gasteiger partial charge >= 0.3 is 0 Å². The molecular formula is C17H27NO. The highest BCUT2D eigenvalue weighted by atomic mass is 16.5. The third kappa shape index (κ3) is 5.07. The molecule has 19 heavy (non-hydrogen) atoms. The number of rotatable bonds is 9. The molecule has 1 aromatic carbocycles. The van der Waals surface area contributed by atoms with Gasteiger partial charge < -0.3 is 4.74 Å². The Bertz CT molecular complexity index is 352. The Kier molecular flexibility index (Phi) is 7.27. The van der Waals surface area contributed by atoms with Crippen LogP contribution in [0.2, 0.25) is 0 Å². The van der Waals surface area contributed by atoms with Gasteiger partial charge in [0.05, 0.1) is 0 Å². The second-order valence-electron chi connectivity index (χ2n) is 4.79. The zero-order valence-electron chi connectivity index (χ0n) is 12.6. The van der Waals surface area contributed by atoms with Crippen LogP contribution in [-0.2, 0) is 0 Å². The number of benzene rings is 1. The Morgan fingerprint density at radius 2 is 1.68 bits per heavy atom. The van der Waals surface area contributed by atoms with Crippen LogP contribution in [0.15, 0.2) is 30.8 Å². The van der Waals surface area contributed by atoms with Gasteiger partial charge in [-0.1, -0.05) is 45.6 Å². The molecule has 1 rings (SSSR count). The van der Waals surface area contributed by atoms with Crippen molar-refractivity contribution >= 4 is 6.08 Å². The second kappa shape index (κ2) is 8.76. The molecule has 1 aromatic rings. The van der Waals surface area contributed by atoms with Gasteiger partial charge in [0.25, 0.3) is 0 Å². The first-order chi connectivity index (χ1) is 9.24. The van der Waals surface area contributed by atoms with Crippen LogP contribution in [0.5, 0.6) is 5.75 Å². The van der Waals surface area contributed by atoms with Gasteiger partial charge in [0.1, 0.15) is 5.75 Å². The van der Waals surface area contributed by atoms with E-state index in [0.29, 0.717) is 0 Å². The quantitative estimate of drug-likeness (QED) is 0.604. The molecule has 0 aliphatic carbocycles. The Labute approximate surface area is 118 Å². The van der Waals surface area contributed by atoms with Crippen molar-refractivity contribution in [2.24, 2.45) is 0 Å². The highest BCUT2D eigenvalue weighted by molar-refractivity contribution is 5.48. The molecule has 0 aromatic heterocycles. The average molecular weight is 261 g/mol. The predicted octanol–water partition coefficient (Wildman–Crippen LogP) is 4.57. The number of hydrogen-bond acceptors (Lipinski definition) is 2. The van der Waals surface area contributed by atoms with Gasteiger partial charge in [-0.05, 0) is 37.0 Å². The SMILES string of the molecule is C=Cc1ccc(OC(CC)N(CCC)CCC)cc1. The molecular weight excluding hydrogens is 234 g/mol. The van der Waals surface area contributed by atoms with Crippen molar-refractivity contribution in [1.29, 1.82) is 0 Å². The maximum absolute atomic E-state index is 6.12. The van der Waals surface area contributed by atoms with Gasteiger partial charge in [0.15, 0.2) is 6.23 Å². The van der Waals surface area contributed by atoms with E-state index in [1.54, 1.807) is 0 Å². The maximum atomic E-state index is 6.12.